The van der Waals surface area contributed by atoms with Gasteiger partial charge in [0.1, 0.15) is 0 Å². The largest absolute Gasteiger partial charge is 0.339 e. The van der Waals surface area contributed by atoms with Gasteiger partial charge < -0.3 is 9.80 Å². The summed E-state index contributed by atoms with van der Waals surface area (Å²) in [6.45, 7) is 1.25. The van der Waals surface area contributed by atoms with Crippen LogP contribution in [0.15, 0.2) is 73.1 Å². The van der Waals surface area contributed by atoms with Crippen LogP contribution in [0.4, 0.5) is 0 Å². The van der Waals surface area contributed by atoms with Crippen molar-refractivity contribution in [3.8, 4) is 0 Å². The molecule has 0 aliphatic carbocycles. The summed E-state index contributed by atoms with van der Waals surface area (Å²) >= 11 is 0. The molecular weight excluding hydrogens is 400 g/mol. The minimum atomic E-state index is -0.0112. The molecule has 0 bridgehead atoms. The molecule has 3 heterocycles. The summed E-state index contributed by atoms with van der Waals surface area (Å²) in [7, 11) is 1.85. The zero-order valence-electron chi connectivity index (χ0n) is 17.9. The number of hydrogen-bond donors (Lipinski definition) is 0. The first kappa shape index (κ1) is 20.1. The van der Waals surface area contributed by atoms with Crippen LogP contribution in [0.3, 0.4) is 0 Å². The molecule has 5 rings (SSSR count). The van der Waals surface area contributed by atoms with Gasteiger partial charge in [-0.05, 0) is 49.2 Å². The van der Waals surface area contributed by atoms with Gasteiger partial charge in [-0.25, -0.2) is 0 Å². The van der Waals surface area contributed by atoms with Crippen LogP contribution in [-0.2, 0) is 0 Å². The van der Waals surface area contributed by atoms with Crippen molar-refractivity contribution in [1.82, 2.24) is 19.8 Å². The molecule has 2 aromatic carbocycles. The highest BCUT2D eigenvalue weighted by molar-refractivity contribution is 5.99. The molecule has 32 heavy (non-hydrogen) atoms. The van der Waals surface area contributed by atoms with Gasteiger partial charge in [-0.3, -0.25) is 19.6 Å². The molecule has 4 aromatic rings. The van der Waals surface area contributed by atoms with Crippen LogP contribution in [0, 0.1) is 0 Å². The van der Waals surface area contributed by atoms with Crippen LogP contribution in [0.2, 0.25) is 0 Å². The third-order valence-corrected chi connectivity index (χ3v) is 6.33. The van der Waals surface area contributed by atoms with Gasteiger partial charge in [-0.1, -0.05) is 24.3 Å². The fraction of sp³-hybridized carbons (Fsp3) is 0.231. The molecular formula is C26H24N4O2. The smallest absolute Gasteiger partial charge is 0.253 e. The summed E-state index contributed by atoms with van der Waals surface area (Å²) in [5, 5.41) is 2.04. The summed E-state index contributed by atoms with van der Waals surface area (Å²) in [5.74, 6) is 0.00789. The number of carbonyl (C=O) groups is 2. The van der Waals surface area contributed by atoms with E-state index in [1.807, 2.05) is 77.5 Å². The highest BCUT2D eigenvalue weighted by Gasteiger charge is 2.28. The van der Waals surface area contributed by atoms with E-state index in [4.69, 9.17) is 0 Å². The second-order valence-corrected chi connectivity index (χ2v) is 8.26. The zero-order valence-corrected chi connectivity index (χ0v) is 17.9. The first-order chi connectivity index (χ1) is 15.6. The number of nitrogens with zero attached hydrogens (tertiary/aromatic N) is 4. The highest BCUT2D eigenvalue weighted by atomic mass is 16.2. The van der Waals surface area contributed by atoms with E-state index in [0.717, 1.165) is 34.6 Å². The van der Waals surface area contributed by atoms with E-state index in [1.165, 1.54) is 0 Å². The van der Waals surface area contributed by atoms with Crippen LogP contribution in [0.1, 0.15) is 33.6 Å². The number of benzene rings is 2. The second kappa shape index (κ2) is 8.38. The number of piperidine rings is 1. The second-order valence-electron chi connectivity index (χ2n) is 8.26. The maximum absolute atomic E-state index is 13.1. The number of fused-ring (bicyclic) bond motifs is 2. The van der Waals surface area contributed by atoms with Crippen LogP contribution in [-0.4, -0.2) is 57.8 Å². The van der Waals surface area contributed by atoms with E-state index in [-0.39, 0.29) is 17.9 Å². The Bertz CT molecular complexity index is 1310. The molecule has 0 radical (unpaired) electrons. The van der Waals surface area contributed by atoms with Crippen molar-refractivity contribution in [2.45, 2.75) is 18.9 Å². The number of amides is 2. The monoisotopic (exact) mass is 424 g/mol. The maximum atomic E-state index is 13.1. The van der Waals surface area contributed by atoms with Gasteiger partial charge in [0.2, 0.25) is 0 Å². The SMILES string of the molecule is CN(C(=O)c1ccc2cccnc2c1)C1CCN(C(=O)c2ccc3cccnc3c2)CC1. The summed E-state index contributed by atoms with van der Waals surface area (Å²) < 4.78 is 0. The minimum Gasteiger partial charge on any atom is -0.339 e. The molecule has 160 valence electrons. The van der Waals surface area contributed by atoms with E-state index in [2.05, 4.69) is 9.97 Å². The first-order valence-electron chi connectivity index (χ1n) is 10.9. The minimum absolute atomic E-state index is 0.0112. The van der Waals surface area contributed by atoms with Crippen molar-refractivity contribution in [3.05, 3.63) is 84.2 Å². The zero-order chi connectivity index (χ0) is 22.1. The maximum Gasteiger partial charge on any atom is 0.253 e. The van der Waals surface area contributed by atoms with Crippen molar-refractivity contribution in [2.75, 3.05) is 20.1 Å². The normalized spacial score (nSPS) is 14.6. The molecule has 0 atom stereocenters. The Balaban J connectivity index is 1.24. The molecule has 1 saturated heterocycles. The third-order valence-electron chi connectivity index (χ3n) is 6.33. The molecule has 1 fully saturated rings. The highest BCUT2D eigenvalue weighted by Crippen LogP contribution is 2.22. The summed E-state index contributed by atoms with van der Waals surface area (Å²) in [6, 6.07) is 19.1. The molecule has 1 aliphatic rings. The molecule has 0 unspecified atom stereocenters. The number of rotatable bonds is 3. The van der Waals surface area contributed by atoms with E-state index >= 15 is 0 Å². The van der Waals surface area contributed by atoms with E-state index in [9.17, 15) is 9.59 Å². The van der Waals surface area contributed by atoms with Crippen molar-refractivity contribution >= 4 is 33.6 Å². The molecule has 0 saturated carbocycles. The lowest BCUT2D eigenvalue weighted by atomic mass is 10.0. The van der Waals surface area contributed by atoms with Gasteiger partial charge >= 0.3 is 0 Å². The van der Waals surface area contributed by atoms with E-state index in [0.29, 0.717) is 24.2 Å². The fourth-order valence-electron chi connectivity index (χ4n) is 4.41. The average molecular weight is 425 g/mol. The Kier molecular flexibility index (Phi) is 5.27. The van der Waals surface area contributed by atoms with Gasteiger partial charge in [-0.2, -0.15) is 0 Å². The number of pyridine rings is 2. The lowest BCUT2D eigenvalue weighted by molar-refractivity contribution is 0.0570. The Labute approximate surface area is 186 Å². The van der Waals surface area contributed by atoms with Crippen molar-refractivity contribution in [2.24, 2.45) is 0 Å². The molecule has 0 spiro atoms. The van der Waals surface area contributed by atoms with Crippen molar-refractivity contribution < 1.29 is 9.59 Å². The Morgan fingerprint density at radius 2 is 1.41 bits per heavy atom. The lowest BCUT2D eigenvalue weighted by Crippen LogP contribution is -2.47. The molecule has 6 nitrogen and oxygen atoms in total. The Hall–Kier alpha value is -3.80. The number of hydrogen-bond acceptors (Lipinski definition) is 4. The van der Waals surface area contributed by atoms with Gasteiger partial charge in [-0.15, -0.1) is 0 Å². The first-order valence-corrected chi connectivity index (χ1v) is 10.9. The lowest BCUT2D eigenvalue weighted by Gasteiger charge is -2.37. The number of carbonyl (C=O) groups excluding carboxylic acids is 2. The molecule has 0 N–H and O–H groups in total. The average Bonchev–Trinajstić information content (AvgIpc) is 2.87. The third kappa shape index (κ3) is 3.80. The van der Waals surface area contributed by atoms with Gasteiger partial charge in [0, 0.05) is 60.5 Å². The van der Waals surface area contributed by atoms with Crippen molar-refractivity contribution in [1.29, 1.82) is 0 Å². The molecule has 1 aliphatic heterocycles. The van der Waals surface area contributed by atoms with Crippen LogP contribution < -0.4 is 0 Å². The van der Waals surface area contributed by atoms with Crippen molar-refractivity contribution in [3.63, 3.8) is 0 Å². The predicted molar refractivity (Wildman–Crippen MR) is 125 cm³/mol. The fourth-order valence-corrected chi connectivity index (χ4v) is 4.41. The van der Waals surface area contributed by atoms with Crippen LogP contribution in [0.25, 0.3) is 21.8 Å². The van der Waals surface area contributed by atoms with E-state index < -0.39 is 0 Å². The topological polar surface area (TPSA) is 66.4 Å². The Morgan fingerprint density at radius 1 is 0.844 bits per heavy atom. The Morgan fingerprint density at radius 3 is 2.03 bits per heavy atom. The molecule has 6 heteroatoms. The van der Waals surface area contributed by atoms with Gasteiger partial charge in [0.25, 0.3) is 11.8 Å². The van der Waals surface area contributed by atoms with Gasteiger partial charge in [0.05, 0.1) is 11.0 Å². The van der Waals surface area contributed by atoms with Crippen LogP contribution >= 0.6 is 0 Å². The number of aromatic nitrogens is 2. The molecule has 2 amide bonds. The quantitative estimate of drug-likeness (QED) is 0.495. The summed E-state index contributed by atoms with van der Waals surface area (Å²) in [6.07, 6.45) is 4.98. The van der Waals surface area contributed by atoms with E-state index in [1.54, 1.807) is 12.4 Å². The molecule has 2 aromatic heterocycles. The summed E-state index contributed by atoms with van der Waals surface area (Å²) in [4.78, 5) is 38.5. The predicted octanol–water partition coefficient (Wildman–Crippen LogP) is 4.16. The van der Waals surface area contributed by atoms with Gasteiger partial charge in [0.15, 0.2) is 0 Å². The number of likely N-dealkylation sites (tertiary alicyclic amines) is 1. The van der Waals surface area contributed by atoms with Crippen LogP contribution in [0.5, 0.6) is 0 Å². The summed E-state index contributed by atoms with van der Waals surface area (Å²) in [5.41, 5.74) is 2.93. The standard InChI is InChI=1S/C26H24N4O2/c1-29(25(31)20-8-6-18-4-2-12-27-23(18)16-20)22-10-14-30(15-11-22)26(32)21-9-7-19-5-3-13-28-24(19)17-21/h2-9,12-13,16-17,22H,10-11,14-15H2,1H3.